The summed E-state index contributed by atoms with van der Waals surface area (Å²) in [5.74, 6) is -3.28. The highest BCUT2D eigenvalue weighted by molar-refractivity contribution is 5.95. The molecule has 2 bridgehead atoms. The smallest absolute Gasteiger partial charge is 0.260 e. The molecule has 2 aliphatic rings. The molecule has 7 heteroatoms. The summed E-state index contributed by atoms with van der Waals surface area (Å²) < 4.78 is 42.1. The Bertz CT molecular complexity index is 839. The molecule has 2 fully saturated rings. The van der Waals surface area contributed by atoms with Crippen molar-refractivity contribution >= 4 is 5.91 Å². The summed E-state index contributed by atoms with van der Waals surface area (Å²) in [6, 6.07) is 5.50. The number of nitrogens with zero attached hydrogens (tertiary/aromatic N) is 2. The number of piperidine rings is 1. The van der Waals surface area contributed by atoms with Crippen molar-refractivity contribution in [2.45, 2.75) is 43.4 Å². The summed E-state index contributed by atoms with van der Waals surface area (Å²) >= 11 is 0. The number of rotatable bonds is 2. The van der Waals surface area contributed by atoms with E-state index in [1.165, 1.54) is 23.2 Å². The topological polar surface area (TPSA) is 53.4 Å². The van der Waals surface area contributed by atoms with E-state index in [0.717, 1.165) is 12.1 Å². The van der Waals surface area contributed by atoms with Crippen molar-refractivity contribution in [1.29, 1.82) is 0 Å². The van der Waals surface area contributed by atoms with Crippen LogP contribution in [0.1, 0.15) is 41.6 Å². The van der Waals surface area contributed by atoms with E-state index >= 15 is 0 Å². The minimum absolute atomic E-state index is 0.0982. The van der Waals surface area contributed by atoms with Gasteiger partial charge < -0.3 is 10.0 Å². The first-order valence-electron chi connectivity index (χ1n) is 8.51. The zero-order chi connectivity index (χ0) is 18.5. The third-order valence-electron chi connectivity index (χ3n) is 5.44. The monoisotopic (exact) mass is 362 g/mol. The summed E-state index contributed by atoms with van der Waals surface area (Å²) in [4.78, 5) is 17.8. The number of amides is 1. The molecule has 2 aliphatic heterocycles. The molecule has 136 valence electrons. The predicted octanol–water partition coefficient (Wildman–Crippen LogP) is 3.15. The highest BCUT2D eigenvalue weighted by Crippen LogP contribution is 2.46. The van der Waals surface area contributed by atoms with Crippen molar-refractivity contribution in [1.82, 2.24) is 9.88 Å². The molecule has 2 saturated heterocycles. The van der Waals surface area contributed by atoms with E-state index in [1.54, 1.807) is 6.07 Å². The molecule has 4 rings (SSSR count). The van der Waals surface area contributed by atoms with Crippen LogP contribution in [0.25, 0.3) is 0 Å². The summed E-state index contributed by atoms with van der Waals surface area (Å²) in [6.07, 6.45) is 2.70. The van der Waals surface area contributed by atoms with Gasteiger partial charge in [0.15, 0.2) is 0 Å². The van der Waals surface area contributed by atoms with E-state index in [1.807, 2.05) is 0 Å². The molecule has 0 aliphatic carbocycles. The van der Waals surface area contributed by atoms with Gasteiger partial charge in [-0.05, 0) is 31.0 Å². The van der Waals surface area contributed by atoms with Crippen molar-refractivity contribution in [2.24, 2.45) is 0 Å². The van der Waals surface area contributed by atoms with Gasteiger partial charge in [-0.15, -0.1) is 0 Å². The first kappa shape index (κ1) is 17.0. The van der Waals surface area contributed by atoms with Gasteiger partial charge in [-0.2, -0.15) is 4.39 Å². The summed E-state index contributed by atoms with van der Waals surface area (Å²) in [5.41, 5.74) is -1.93. The van der Waals surface area contributed by atoms with Crippen molar-refractivity contribution in [3.63, 3.8) is 0 Å². The van der Waals surface area contributed by atoms with Crippen LogP contribution in [0, 0.1) is 17.6 Å². The quantitative estimate of drug-likeness (QED) is 0.835. The van der Waals surface area contributed by atoms with Crippen LogP contribution in [-0.4, -0.2) is 33.0 Å². The maximum Gasteiger partial charge on any atom is 0.260 e. The van der Waals surface area contributed by atoms with Crippen LogP contribution in [-0.2, 0) is 5.60 Å². The first-order chi connectivity index (χ1) is 12.4. The Morgan fingerprint density at radius 2 is 1.69 bits per heavy atom. The van der Waals surface area contributed by atoms with Gasteiger partial charge in [0, 0.05) is 36.7 Å². The SMILES string of the molecule is O=C(c1c(F)cccc1F)N1[C@H]2CC[C@H]1CC(O)(c1cccnc1F)C2. The fourth-order valence-corrected chi connectivity index (χ4v) is 4.34. The van der Waals surface area contributed by atoms with E-state index in [2.05, 4.69) is 4.98 Å². The number of benzene rings is 1. The average Bonchev–Trinajstić information content (AvgIpc) is 2.87. The second kappa shape index (κ2) is 6.09. The lowest BCUT2D eigenvalue weighted by Gasteiger charge is -2.44. The predicted molar refractivity (Wildman–Crippen MR) is 86.7 cm³/mol. The van der Waals surface area contributed by atoms with Crippen molar-refractivity contribution in [2.75, 3.05) is 0 Å². The number of aliphatic hydroxyl groups is 1. The Hall–Kier alpha value is -2.41. The third-order valence-corrected chi connectivity index (χ3v) is 5.44. The van der Waals surface area contributed by atoms with Crippen molar-refractivity contribution < 1.29 is 23.1 Å². The molecule has 1 aromatic carbocycles. The number of aromatic nitrogens is 1. The first-order valence-corrected chi connectivity index (χ1v) is 8.51. The zero-order valence-electron chi connectivity index (χ0n) is 13.8. The molecule has 4 nitrogen and oxygen atoms in total. The number of hydrogen-bond donors (Lipinski definition) is 1. The van der Waals surface area contributed by atoms with Crippen LogP contribution in [0.2, 0.25) is 0 Å². The Labute approximate surface area is 148 Å². The Morgan fingerprint density at radius 1 is 1.08 bits per heavy atom. The Kier molecular flexibility index (Phi) is 3.99. The summed E-state index contributed by atoms with van der Waals surface area (Å²) in [5, 5.41) is 11.0. The number of fused-ring (bicyclic) bond motifs is 2. The maximum absolute atomic E-state index is 14.1. The average molecular weight is 362 g/mol. The number of hydrogen-bond acceptors (Lipinski definition) is 3. The number of halogens is 3. The lowest BCUT2D eigenvalue weighted by molar-refractivity contribution is -0.0506. The van der Waals surface area contributed by atoms with Crippen LogP contribution in [0.5, 0.6) is 0 Å². The van der Waals surface area contributed by atoms with Gasteiger partial charge >= 0.3 is 0 Å². The van der Waals surface area contributed by atoms with E-state index in [9.17, 15) is 23.1 Å². The van der Waals surface area contributed by atoms with Crippen molar-refractivity contribution in [3.8, 4) is 0 Å². The van der Waals surface area contributed by atoms with Gasteiger partial charge in [-0.3, -0.25) is 4.79 Å². The molecular formula is C19H17F3N2O2. The molecule has 1 N–H and O–H groups in total. The molecule has 1 amide bonds. The summed E-state index contributed by atoms with van der Waals surface area (Å²) in [7, 11) is 0. The molecule has 0 spiro atoms. The maximum atomic E-state index is 14.1. The fraction of sp³-hybridized carbons (Fsp3) is 0.368. The summed E-state index contributed by atoms with van der Waals surface area (Å²) in [6.45, 7) is 0. The van der Waals surface area contributed by atoms with E-state index in [-0.39, 0.29) is 18.4 Å². The van der Waals surface area contributed by atoms with Crippen molar-refractivity contribution in [3.05, 3.63) is 65.2 Å². The molecule has 26 heavy (non-hydrogen) atoms. The standard InChI is InChI=1S/C19H17F3N2O2/c20-14-4-1-5-15(21)16(14)18(25)24-11-6-7-12(24)10-19(26,9-11)13-3-2-8-23-17(13)22/h1-5,8,11-12,26H,6-7,9-10H2/t11-,12-/m0/s1. The van der Waals surface area contributed by atoms with Gasteiger partial charge in [0.05, 0.1) is 5.60 Å². The molecule has 0 saturated carbocycles. The number of carbonyl (C=O) groups excluding carboxylic acids is 1. The van der Waals surface area contributed by atoms with Crippen LogP contribution < -0.4 is 0 Å². The van der Waals surface area contributed by atoms with Gasteiger partial charge in [0.2, 0.25) is 5.95 Å². The molecule has 3 heterocycles. The second-order valence-corrected chi connectivity index (χ2v) is 6.98. The number of pyridine rings is 1. The highest BCUT2D eigenvalue weighted by Gasteiger charge is 2.51. The largest absolute Gasteiger partial charge is 0.385 e. The Balaban J connectivity index is 1.66. The minimum Gasteiger partial charge on any atom is -0.385 e. The number of carbonyl (C=O) groups is 1. The van der Waals surface area contributed by atoms with Gasteiger partial charge in [-0.25, -0.2) is 13.8 Å². The second-order valence-electron chi connectivity index (χ2n) is 6.98. The minimum atomic E-state index is -1.45. The molecular weight excluding hydrogens is 345 g/mol. The molecule has 0 radical (unpaired) electrons. The highest BCUT2D eigenvalue weighted by atomic mass is 19.1. The third kappa shape index (κ3) is 2.58. The van der Waals surface area contributed by atoms with Gasteiger partial charge in [0.1, 0.15) is 17.2 Å². The lowest BCUT2D eigenvalue weighted by Crippen LogP contribution is -2.52. The van der Waals surface area contributed by atoms with Crippen LogP contribution in [0.15, 0.2) is 36.5 Å². The van der Waals surface area contributed by atoms with Crippen LogP contribution in [0.3, 0.4) is 0 Å². The molecule has 1 aromatic heterocycles. The lowest BCUT2D eigenvalue weighted by atomic mass is 9.80. The van der Waals surface area contributed by atoms with Crippen LogP contribution in [0.4, 0.5) is 13.2 Å². The molecule has 2 aromatic rings. The zero-order valence-corrected chi connectivity index (χ0v) is 13.8. The molecule has 2 atom stereocenters. The fourth-order valence-electron chi connectivity index (χ4n) is 4.34. The normalized spacial score (nSPS) is 27.6. The van der Waals surface area contributed by atoms with E-state index < -0.39 is 46.7 Å². The van der Waals surface area contributed by atoms with Gasteiger partial charge in [-0.1, -0.05) is 12.1 Å². The van der Waals surface area contributed by atoms with Gasteiger partial charge in [0.25, 0.3) is 5.91 Å². The Morgan fingerprint density at radius 3 is 2.27 bits per heavy atom. The van der Waals surface area contributed by atoms with Crippen LogP contribution >= 0.6 is 0 Å². The van der Waals surface area contributed by atoms with E-state index in [4.69, 9.17) is 0 Å². The van der Waals surface area contributed by atoms with E-state index in [0.29, 0.717) is 12.8 Å². The molecule has 0 unspecified atom stereocenters.